The molecule has 2 heterocycles. The zero-order chi connectivity index (χ0) is 13.5. The van der Waals surface area contributed by atoms with Gasteiger partial charge in [-0.2, -0.15) is 16.9 Å². The predicted molar refractivity (Wildman–Crippen MR) is 83.6 cm³/mol. The Balaban J connectivity index is 1.96. The highest BCUT2D eigenvalue weighted by Crippen LogP contribution is 2.30. The molecule has 1 atom stereocenters. The highest BCUT2D eigenvalue weighted by Gasteiger charge is 2.20. The smallest absolute Gasteiger partial charge is 0.0537 e. The van der Waals surface area contributed by atoms with Crippen LogP contribution in [0.5, 0.6) is 0 Å². The lowest BCUT2D eigenvalue weighted by Gasteiger charge is -2.26. The van der Waals surface area contributed by atoms with Crippen LogP contribution in [0.25, 0.3) is 0 Å². The molecule has 1 unspecified atom stereocenters. The number of hydrogen-bond donors (Lipinski definition) is 1. The molecule has 1 aromatic rings. The van der Waals surface area contributed by atoms with E-state index >= 15 is 0 Å². The number of nitrogens with one attached hydrogen (secondary N) is 1. The molecule has 2 rings (SSSR count). The first kappa shape index (κ1) is 14.9. The largest absolute Gasteiger partial charge is 0.310 e. The normalized spacial score (nSPS) is 18.6. The van der Waals surface area contributed by atoms with Gasteiger partial charge in [-0.05, 0) is 49.7 Å². The molecule has 0 aliphatic carbocycles. The van der Waals surface area contributed by atoms with Gasteiger partial charge in [0.25, 0.3) is 0 Å². The van der Waals surface area contributed by atoms with Crippen LogP contribution in [0.15, 0.2) is 12.4 Å². The second kappa shape index (κ2) is 7.95. The fourth-order valence-electron chi connectivity index (χ4n) is 2.81. The van der Waals surface area contributed by atoms with Crippen molar-refractivity contribution in [2.24, 2.45) is 5.92 Å². The van der Waals surface area contributed by atoms with Crippen LogP contribution in [0.1, 0.15) is 51.1 Å². The van der Waals surface area contributed by atoms with Crippen molar-refractivity contribution in [2.75, 3.05) is 18.1 Å². The van der Waals surface area contributed by atoms with Crippen molar-refractivity contribution in [3.8, 4) is 0 Å². The second-order valence-electron chi connectivity index (χ2n) is 5.44. The van der Waals surface area contributed by atoms with Crippen LogP contribution in [0.4, 0.5) is 0 Å². The summed E-state index contributed by atoms with van der Waals surface area (Å²) in [5.41, 5.74) is 1.37. The molecule has 1 aromatic heterocycles. The number of rotatable bonds is 7. The Morgan fingerprint density at radius 1 is 1.42 bits per heavy atom. The summed E-state index contributed by atoms with van der Waals surface area (Å²) in [6.07, 6.45) is 9.47. The van der Waals surface area contributed by atoms with Crippen molar-refractivity contribution in [1.82, 2.24) is 15.1 Å². The molecule has 19 heavy (non-hydrogen) atoms. The van der Waals surface area contributed by atoms with Crippen LogP contribution in [0.3, 0.4) is 0 Å². The van der Waals surface area contributed by atoms with E-state index in [4.69, 9.17) is 0 Å². The number of nitrogens with zero attached hydrogens (tertiary/aromatic N) is 2. The minimum atomic E-state index is 0.490. The van der Waals surface area contributed by atoms with E-state index in [-0.39, 0.29) is 0 Å². The van der Waals surface area contributed by atoms with E-state index in [0.717, 1.165) is 25.4 Å². The average Bonchev–Trinajstić information content (AvgIpc) is 2.88. The summed E-state index contributed by atoms with van der Waals surface area (Å²) in [5.74, 6) is 3.58. The van der Waals surface area contributed by atoms with Crippen molar-refractivity contribution in [3.05, 3.63) is 18.0 Å². The van der Waals surface area contributed by atoms with E-state index in [0.29, 0.717) is 6.04 Å². The highest BCUT2D eigenvalue weighted by atomic mass is 32.2. The first-order chi connectivity index (χ1) is 9.33. The van der Waals surface area contributed by atoms with Gasteiger partial charge in [0.05, 0.1) is 6.20 Å². The van der Waals surface area contributed by atoms with Gasteiger partial charge in [0.1, 0.15) is 0 Å². The first-order valence-corrected chi connectivity index (χ1v) is 8.82. The maximum atomic E-state index is 4.47. The fourth-order valence-corrected chi connectivity index (χ4v) is 4.01. The van der Waals surface area contributed by atoms with E-state index in [9.17, 15) is 0 Å². The lowest BCUT2D eigenvalue weighted by Crippen LogP contribution is -2.24. The van der Waals surface area contributed by atoms with Gasteiger partial charge >= 0.3 is 0 Å². The lowest BCUT2D eigenvalue weighted by molar-refractivity contribution is 0.374. The standard InChI is InChI=1S/C15H27N3S/c1-3-7-18-12-14(11-17-18)15(16-4-2)10-13-5-8-19-9-6-13/h11-13,15-16H,3-10H2,1-2H3. The molecular weight excluding hydrogens is 254 g/mol. The lowest BCUT2D eigenvalue weighted by atomic mass is 9.92. The van der Waals surface area contributed by atoms with Crippen molar-refractivity contribution in [3.63, 3.8) is 0 Å². The summed E-state index contributed by atoms with van der Waals surface area (Å²) >= 11 is 2.11. The summed E-state index contributed by atoms with van der Waals surface area (Å²) in [7, 11) is 0. The van der Waals surface area contributed by atoms with Gasteiger partial charge in [0, 0.05) is 24.3 Å². The molecule has 1 saturated heterocycles. The van der Waals surface area contributed by atoms with Crippen LogP contribution in [0.2, 0.25) is 0 Å². The molecule has 4 heteroatoms. The van der Waals surface area contributed by atoms with Crippen molar-refractivity contribution in [2.45, 2.75) is 52.1 Å². The van der Waals surface area contributed by atoms with E-state index in [1.807, 2.05) is 0 Å². The van der Waals surface area contributed by atoms with Gasteiger partial charge in [0.2, 0.25) is 0 Å². The van der Waals surface area contributed by atoms with Crippen molar-refractivity contribution >= 4 is 11.8 Å². The van der Waals surface area contributed by atoms with Crippen LogP contribution >= 0.6 is 11.8 Å². The molecule has 1 aliphatic heterocycles. The van der Waals surface area contributed by atoms with Gasteiger partial charge in [0.15, 0.2) is 0 Å². The zero-order valence-corrected chi connectivity index (χ0v) is 13.1. The summed E-state index contributed by atoms with van der Waals surface area (Å²) in [6.45, 7) is 6.45. The fraction of sp³-hybridized carbons (Fsp3) is 0.800. The Bertz CT molecular complexity index is 358. The van der Waals surface area contributed by atoms with Gasteiger partial charge in [-0.15, -0.1) is 0 Å². The molecule has 0 saturated carbocycles. The first-order valence-electron chi connectivity index (χ1n) is 7.67. The molecule has 0 amide bonds. The molecule has 1 N–H and O–H groups in total. The summed E-state index contributed by atoms with van der Waals surface area (Å²) in [5, 5.41) is 8.12. The molecule has 3 nitrogen and oxygen atoms in total. The third-order valence-corrected chi connectivity index (χ3v) is 4.92. The molecular formula is C15H27N3S. The van der Waals surface area contributed by atoms with Crippen LogP contribution in [-0.2, 0) is 6.54 Å². The summed E-state index contributed by atoms with van der Waals surface area (Å²) in [4.78, 5) is 0. The number of hydrogen-bond acceptors (Lipinski definition) is 3. The van der Waals surface area contributed by atoms with E-state index in [1.165, 1.54) is 36.3 Å². The van der Waals surface area contributed by atoms with Crippen LogP contribution in [-0.4, -0.2) is 27.8 Å². The van der Waals surface area contributed by atoms with Crippen LogP contribution < -0.4 is 5.32 Å². The Hall–Kier alpha value is -0.480. The monoisotopic (exact) mass is 281 g/mol. The maximum Gasteiger partial charge on any atom is 0.0537 e. The van der Waals surface area contributed by atoms with Crippen molar-refractivity contribution in [1.29, 1.82) is 0 Å². The highest BCUT2D eigenvalue weighted by molar-refractivity contribution is 7.99. The summed E-state index contributed by atoms with van der Waals surface area (Å²) < 4.78 is 2.08. The molecule has 1 aliphatic rings. The third kappa shape index (κ3) is 4.53. The molecule has 0 radical (unpaired) electrons. The minimum Gasteiger partial charge on any atom is -0.310 e. The van der Waals surface area contributed by atoms with Gasteiger partial charge in [-0.1, -0.05) is 13.8 Å². The quantitative estimate of drug-likeness (QED) is 0.830. The third-order valence-electron chi connectivity index (χ3n) is 3.87. The second-order valence-corrected chi connectivity index (χ2v) is 6.66. The molecule has 0 bridgehead atoms. The Labute approximate surface area is 121 Å². The minimum absolute atomic E-state index is 0.490. The SMILES string of the molecule is CCCn1cc(C(CC2CCSCC2)NCC)cn1. The number of aromatic nitrogens is 2. The van der Waals surface area contributed by atoms with Gasteiger partial charge in [-0.3, -0.25) is 4.68 Å². The molecule has 0 spiro atoms. The Morgan fingerprint density at radius 2 is 2.21 bits per heavy atom. The van der Waals surface area contributed by atoms with E-state index < -0.39 is 0 Å². The molecule has 0 aromatic carbocycles. The van der Waals surface area contributed by atoms with Crippen LogP contribution in [0, 0.1) is 5.92 Å². The predicted octanol–water partition coefficient (Wildman–Crippen LogP) is 3.48. The topological polar surface area (TPSA) is 29.9 Å². The zero-order valence-electron chi connectivity index (χ0n) is 12.3. The van der Waals surface area contributed by atoms with E-state index in [2.05, 4.69) is 53.1 Å². The Kier molecular flexibility index (Phi) is 6.24. The number of aryl methyl sites for hydroxylation is 1. The summed E-state index contributed by atoms with van der Waals surface area (Å²) in [6, 6.07) is 0.490. The average molecular weight is 281 g/mol. The van der Waals surface area contributed by atoms with Gasteiger partial charge < -0.3 is 5.32 Å². The molecule has 108 valence electrons. The number of thioether (sulfide) groups is 1. The van der Waals surface area contributed by atoms with Gasteiger partial charge in [-0.25, -0.2) is 0 Å². The molecule has 1 fully saturated rings. The Morgan fingerprint density at radius 3 is 2.89 bits per heavy atom. The van der Waals surface area contributed by atoms with Crippen molar-refractivity contribution < 1.29 is 0 Å². The maximum absolute atomic E-state index is 4.47. The van der Waals surface area contributed by atoms with E-state index in [1.54, 1.807) is 0 Å².